The second kappa shape index (κ2) is 4.11. The molecule has 0 atom stereocenters. The molecular formula is C7H10AlNO4S. The molecule has 1 aromatic carbocycles. The molecule has 1 aromatic rings. The van der Waals surface area contributed by atoms with E-state index in [0.717, 1.165) is 0 Å². The first kappa shape index (κ1) is 13.1. The summed E-state index contributed by atoms with van der Waals surface area (Å²) in [6.45, 7) is 0. The maximum atomic E-state index is 11.1. The average molecular weight is 231 g/mol. The van der Waals surface area contributed by atoms with Gasteiger partial charge < -0.3 is 5.48 Å². The largest absolute Gasteiger partial charge is 0.412 e. The molecule has 76 valence electrons. The minimum absolute atomic E-state index is 0. The summed E-state index contributed by atoms with van der Waals surface area (Å²) in [5.74, 6) is -0.550. The molecule has 0 aromatic heterocycles. The molecule has 0 fully saturated rings. The van der Waals surface area contributed by atoms with Gasteiger partial charge in [0.25, 0.3) is 15.9 Å². The predicted octanol–water partition coefficient (Wildman–Crippen LogP) is -1.89. The maximum absolute atomic E-state index is 11.1. The molecule has 1 aliphatic heterocycles. The number of sulfonamides is 1. The van der Waals surface area contributed by atoms with Crippen LogP contribution in [0.25, 0.3) is 0 Å². The topological polar surface area (TPSA) is 94.7 Å². The van der Waals surface area contributed by atoms with Gasteiger partial charge in [0.05, 0.1) is 5.56 Å². The van der Waals surface area contributed by atoms with E-state index < -0.39 is 15.9 Å². The summed E-state index contributed by atoms with van der Waals surface area (Å²) in [7, 11) is -3.55. The van der Waals surface area contributed by atoms with Crippen molar-refractivity contribution >= 4 is 33.3 Å². The molecule has 0 aliphatic carbocycles. The fourth-order valence-corrected chi connectivity index (χ4v) is 2.29. The first-order valence-corrected chi connectivity index (χ1v) is 4.76. The van der Waals surface area contributed by atoms with Crippen molar-refractivity contribution in [3.63, 3.8) is 0 Å². The molecule has 1 heterocycles. The zero-order valence-electron chi connectivity index (χ0n) is 6.44. The predicted molar refractivity (Wildman–Crippen MR) is 54.6 cm³/mol. The fourth-order valence-electron chi connectivity index (χ4n) is 1.12. The Morgan fingerprint density at radius 3 is 2.29 bits per heavy atom. The van der Waals surface area contributed by atoms with Crippen molar-refractivity contribution in [2.45, 2.75) is 4.90 Å². The van der Waals surface area contributed by atoms with Crippen molar-refractivity contribution < 1.29 is 18.7 Å². The molecule has 0 spiro atoms. The van der Waals surface area contributed by atoms with E-state index in [1.54, 1.807) is 12.1 Å². The third-order valence-electron chi connectivity index (χ3n) is 1.65. The first-order valence-electron chi connectivity index (χ1n) is 3.27. The normalized spacial score (nSPS) is 15.9. The molecule has 14 heavy (non-hydrogen) atoms. The van der Waals surface area contributed by atoms with E-state index in [-0.39, 0.29) is 33.3 Å². The van der Waals surface area contributed by atoms with Crippen molar-refractivity contribution in [2.24, 2.45) is 0 Å². The van der Waals surface area contributed by atoms with Crippen LogP contribution in [0.15, 0.2) is 29.2 Å². The van der Waals surface area contributed by atoms with E-state index in [2.05, 4.69) is 0 Å². The molecule has 7 heteroatoms. The molecule has 0 unspecified atom stereocenters. The smallest absolute Gasteiger partial charge is 0.266 e. The van der Waals surface area contributed by atoms with E-state index >= 15 is 0 Å². The molecule has 2 rings (SSSR count). The second-order valence-corrected chi connectivity index (χ2v) is 4.08. The van der Waals surface area contributed by atoms with E-state index in [1.165, 1.54) is 12.1 Å². The monoisotopic (exact) mass is 231 g/mol. The van der Waals surface area contributed by atoms with Crippen molar-refractivity contribution in [1.82, 2.24) is 4.72 Å². The lowest BCUT2D eigenvalue weighted by Gasteiger charge is -1.91. The van der Waals surface area contributed by atoms with Gasteiger partial charge in [-0.3, -0.25) is 4.79 Å². The molecule has 0 saturated carbocycles. The highest BCUT2D eigenvalue weighted by molar-refractivity contribution is 7.90. The summed E-state index contributed by atoms with van der Waals surface area (Å²) in [6.07, 6.45) is 0. The Bertz CT molecular complexity index is 457. The van der Waals surface area contributed by atoms with Crippen LogP contribution in [-0.2, 0) is 10.0 Å². The minimum Gasteiger partial charge on any atom is -0.412 e. The van der Waals surface area contributed by atoms with Crippen LogP contribution in [-0.4, -0.2) is 37.2 Å². The Kier molecular flexibility index (Phi) is 3.85. The van der Waals surface area contributed by atoms with E-state index in [4.69, 9.17) is 0 Å². The zero-order chi connectivity index (χ0) is 8.77. The number of fused-ring (bicyclic) bond motifs is 1. The number of rotatable bonds is 0. The van der Waals surface area contributed by atoms with Gasteiger partial charge >= 0.3 is 0 Å². The number of carbonyl (C=O) groups excluding carboxylic acids is 1. The van der Waals surface area contributed by atoms with Crippen LogP contribution in [0.3, 0.4) is 0 Å². The highest BCUT2D eigenvalue weighted by Gasteiger charge is 2.31. The summed E-state index contributed by atoms with van der Waals surface area (Å²) in [5.41, 5.74) is 0.220. The molecule has 0 bridgehead atoms. The lowest BCUT2D eigenvalue weighted by atomic mass is 10.2. The number of nitrogens with one attached hydrogen (secondary N) is 1. The fraction of sp³-hybridized carbons (Fsp3) is 0. The van der Waals surface area contributed by atoms with Crippen molar-refractivity contribution in [3.05, 3.63) is 29.8 Å². The molecule has 0 radical (unpaired) electrons. The zero-order valence-corrected chi connectivity index (χ0v) is 7.26. The molecule has 5 nitrogen and oxygen atoms in total. The Morgan fingerprint density at radius 1 is 1.14 bits per heavy atom. The van der Waals surface area contributed by atoms with E-state index in [1.807, 2.05) is 4.72 Å². The third-order valence-corrected chi connectivity index (χ3v) is 3.04. The van der Waals surface area contributed by atoms with E-state index in [0.29, 0.717) is 0 Å². The van der Waals surface area contributed by atoms with Gasteiger partial charge in [-0.15, -0.1) is 0 Å². The molecule has 1 aliphatic rings. The number of hydrogen-bond acceptors (Lipinski definition) is 3. The van der Waals surface area contributed by atoms with Gasteiger partial charge in [0.2, 0.25) is 0 Å². The SMILES string of the molecule is O.O=C1NS(=O)(=O)c2ccccc21.[AlH3]. The Labute approximate surface area is 91.6 Å². The average Bonchev–Trinajstić information content (AvgIpc) is 2.25. The van der Waals surface area contributed by atoms with Crippen LogP contribution < -0.4 is 4.72 Å². The van der Waals surface area contributed by atoms with Gasteiger partial charge in [0.1, 0.15) is 4.90 Å². The van der Waals surface area contributed by atoms with Crippen molar-refractivity contribution in [2.75, 3.05) is 0 Å². The summed E-state index contributed by atoms with van der Waals surface area (Å²) < 4.78 is 24.2. The lowest BCUT2D eigenvalue weighted by Crippen LogP contribution is -2.20. The number of amides is 1. The molecule has 0 saturated heterocycles. The summed E-state index contributed by atoms with van der Waals surface area (Å²) >= 11 is 0. The van der Waals surface area contributed by atoms with Gasteiger partial charge in [-0.2, -0.15) is 0 Å². The van der Waals surface area contributed by atoms with E-state index in [9.17, 15) is 13.2 Å². The minimum atomic E-state index is -3.55. The Hall–Kier alpha value is -0.868. The van der Waals surface area contributed by atoms with Crippen LogP contribution in [0.2, 0.25) is 0 Å². The van der Waals surface area contributed by atoms with Gasteiger partial charge in [-0.05, 0) is 12.1 Å². The highest BCUT2D eigenvalue weighted by atomic mass is 32.2. The van der Waals surface area contributed by atoms with Gasteiger partial charge in [0.15, 0.2) is 17.4 Å². The van der Waals surface area contributed by atoms with Gasteiger partial charge in [-0.1, -0.05) is 12.1 Å². The van der Waals surface area contributed by atoms with Crippen molar-refractivity contribution in [3.8, 4) is 0 Å². The molecular weight excluding hydrogens is 221 g/mol. The summed E-state index contributed by atoms with van der Waals surface area (Å²) in [4.78, 5) is 11.1. The maximum Gasteiger partial charge on any atom is 0.266 e. The quantitative estimate of drug-likeness (QED) is 0.529. The van der Waals surface area contributed by atoms with Crippen molar-refractivity contribution in [1.29, 1.82) is 0 Å². The lowest BCUT2D eigenvalue weighted by molar-refractivity contribution is 0.0985. The third kappa shape index (κ3) is 1.81. The summed E-state index contributed by atoms with van der Waals surface area (Å²) in [6, 6.07) is 6.09. The van der Waals surface area contributed by atoms with Gasteiger partial charge in [-0.25, -0.2) is 13.1 Å². The van der Waals surface area contributed by atoms with Crippen LogP contribution in [0.4, 0.5) is 0 Å². The molecule has 3 N–H and O–H groups in total. The molecule has 1 amide bonds. The Balaban J connectivity index is 0.000000845. The standard InChI is InChI=1S/C7H5NO3S.Al.H2O.3H/c9-7-5-3-1-2-4-6(5)12(10,11)8-7;;;;;/h1-4H,(H,8,9);;1H2;;;. The highest BCUT2D eigenvalue weighted by Crippen LogP contribution is 2.20. The van der Waals surface area contributed by atoms with Gasteiger partial charge in [0, 0.05) is 0 Å². The number of hydrogen-bond donors (Lipinski definition) is 1. The van der Waals surface area contributed by atoms with Crippen LogP contribution in [0.1, 0.15) is 10.4 Å². The summed E-state index contributed by atoms with van der Waals surface area (Å²) in [5, 5.41) is 0. The Morgan fingerprint density at radius 2 is 1.71 bits per heavy atom. The first-order chi connectivity index (χ1) is 5.61. The van der Waals surface area contributed by atoms with Crippen LogP contribution >= 0.6 is 0 Å². The van der Waals surface area contributed by atoms with Crippen LogP contribution in [0.5, 0.6) is 0 Å². The number of benzene rings is 1. The van der Waals surface area contributed by atoms with Crippen LogP contribution in [0, 0.1) is 0 Å². The second-order valence-electron chi connectivity index (χ2n) is 2.43. The number of carbonyl (C=O) groups is 1.